The largest absolute Gasteiger partial charge is 0.505 e. The number of hydrogen-bond donors (Lipinski definition) is 1. The van der Waals surface area contributed by atoms with Gasteiger partial charge in [-0.05, 0) is 102 Å². The van der Waals surface area contributed by atoms with Crippen LogP contribution in [0.4, 0.5) is 0 Å². The topological polar surface area (TPSA) is 74.2 Å². The Morgan fingerprint density at radius 1 is 1.09 bits per heavy atom. The predicted molar refractivity (Wildman–Crippen MR) is 116 cm³/mol. The zero-order valence-corrected chi connectivity index (χ0v) is 19.0. The number of fused-ring (bicyclic) bond motifs is 2. The summed E-state index contributed by atoms with van der Waals surface area (Å²) in [6, 6.07) is 5.42. The molecule has 0 radical (unpaired) electrons. The van der Waals surface area contributed by atoms with Gasteiger partial charge in [0.2, 0.25) is 5.43 Å². The summed E-state index contributed by atoms with van der Waals surface area (Å²) in [7, 11) is 0. The van der Waals surface area contributed by atoms with E-state index in [-0.39, 0.29) is 11.3 Å². The molecular formula is C14H3I4NO3. The summed E-state index contributed by atoms with van der Waals surface area (Å²) in [5.74, 6) is -0.0107. The molecule has 1 aliphatic carbocycles. The number of aromatic hydroxyl groups is 1. The third-order valence-corrected chi connectivity index (χ3v) is 9.19. The zero-order valence-electron chi connectivity index (χ0n) is 10.4. The minimum absolute atomic E-state index is 0.249. The number of benzene rings is 2. The van der Waals surface area contributed by atoms with Gasteiger partial charge in [0.1, 0.15) is 17.2 Å². The molecule has 0 unspecified atom stereocenters. The van der Waals surface area contributed by atoms with Gasteiger partial charge < -0.3 is 9.52 Å². The first-order chi connectivity index (χ1) is 10.4. The van der Waals surface area contributed by atoms with Crippen molar-refractivity contribution in [2.75, 3.05) is 0 Å². The average molecular weight is 741 g/mol. The quantitative estimate of drug-likeness (QED) is 0.203. The van der Waals surface area contributed by atoms with E-state index in [4.69, 9.17) is 9.68 Å². The van der Waals surface area contributed by atoms with Gasteiger partial charge in [-0.3, -0.25) is 4.79 Å². The first-order valence-electron chi connectivity index (χ1n) is 5.72. The highest BCUT2D eigenvalue weighted by Crippen LogP contribution is 2.38. The lowest BCUT2D eigenvalue weighted by Gasteiger charge is -2.13. The van der Waals surface area contributed by atoms with Gasteiger partial charge in [-0.2, -0.15) is 5.26 Å². The van der Waals surface area contributed by atoms with Gasteiger partial charge in [-0.1, -0.05) is 0 Å². The van der Waals surface area contributed by atoms with Crippen molar-refractivity contribution in [3.8, 4) is 23.1 Å². The summed E-state index contributed by atoms with van der Waals surface area (Å²) >= 11 is 8.56. The third-order valence-electron chi connectivity index (χ3n) is 3.12. The Kier molecular flexibility index (Phi) is 4.78. The van der Waals surface area contributed by atoms with Crippen LogP contribution in [-0.2, 0) is 0 Å². The molecule has 0 bridgehead atoms. The number of nitriles is 1. The van der Waals surface area contributed by atoms with Crippen LogP contribution in [0.2, 0.25) is 0 Å². The number of nitrogens with zero attached hydrogens (tertiary/aromatic N) is 1. The number of halogens is 4. The van der Waals surface area contributed by atoms with Crippen molar-refractivity contribution < 1.29 is 9.52 Å². The van der Waals surface area contributed by atoms with E-state index in [1.165, 1.54) is 0 Å². The molecule has 1 aromatic rings. The Balaban J connectivity index is 2.60. The van der Waals surface area contributed by atoms with Gasteiger partial charge in [0, 0.05) is 12.5 Å². The summed E-state index contributed by atoms with van der Waals surface area (Å²) in [4.78, 5) is 12.4. The monoisotopic (exact) mass is 741 g/mol. The second kappa shape index (κ2) is 6.20. The summed E-state index contributed by atoms with van der Waals surface area (Å²) in [6.45, 7) is 0. The highest BCUT2D eigenvalue weighted by Gasteiger charge is 2.24. The molecule has 3 rings (SSSR count). The van der Waals surface area contributed by atoms with Crippen molar-refractivity contribution in [2.45, 2.75) is 0 Å². The molecule has 8 heteroatoms. The van der Waals surface area contributed by atoms with Crippen LogP contribution < -0.4 is 5.43 Å². The van der Waals surface area contributed by atoms with Gasteiger partial charge in [0.15, 0.2) is 11.5 Å². The van der Waals surface area contributed by atoms with Gasteiger partial charge in [-0.25, -0.2) is 0 Å². The van der Waals surface area contributed by atoms with Crippen LogP contribution in [0.15, 0.2) is 21.3 Å². The van der Waals surface area contributed by atoms with E-state index < -0.39 is 5.43 Å². The summed E-state index contributed by atoms with van der Waals surface area (Å²) in [6.07, 6.45) is 0. The van der Waals surface area contributed by atoms with Crippen molar-refractivity contribution in [3.05, 3.63) is 42.2 Å². The molecule has 0 fully saturated rings. The van der Waals surface area contributed by atoms with Crippen LogP contribution in [0.25, 0.3) is 22.3 Å². The van der Waals surface area contributed by atoms with Crippen LogP contribution >= 0.6 is 90.4 Å². The van der Waals surface area contributed by atoms with Gasteiger partial charge in [0.25, 0.3) is 0 Å². The highest BCUT2D eigenvalue weighted by atomic mass is 127. The molecule has 0 saturated carbocycles. The van der Waals surface area contributed by atoms with Crippen molar-refractivity contribution in [1.82, 2.24) is 0 Å². The number of hydrogen-bond acceptors (Lipinski definition) is 4. The second-order valence-corrected chi connectivity index (χ2v) is 8.77. The van der Waals surface area contributed by atoms with Gasteiger partial charge in [-0.15, -0.1) is 0 Å². The fourth-order valence-electron chi connectivity index (χ4n) is 2.08. The second-order valence-electron chi connectivity index (χ2n) is 4.37. The maximum atomic E-state index is 12.4. The van der Waals surface area contributed by atoms with Crippen molar-refractivity contribution in [1.29, 1.82) is 5.26 Å². The smallest absolute Gasteiger partial charge is 0.211 e. The summed E-state index contributed by atoms with van der Waals surface area (Å²) < 4.78 is 9.37. The Bertz CT molecular complexity index is 1020. The maximum Gasteiger partial charge on any atom is 0.211 e. The summed E-state index contributed by atoms with van der Waals surface area (Å²) in [5, 5.41) is 19.9. The van der Waals surface area contributed by atoms with E-state index in [1.54, 1.807) is 12.1 Å². The lowest BCUT2D eigenvalue weighted by Crippen LogP contribution is -2.12. The molecule has 0 aromatic heterocycles. The Morgan fingerprint density at radius 2 is 1.77 bits per heavy atom. The Morgan fingerprint density at radius 3 is 2.41 bits per heavy atom. The van der Waals surface area contributed by atoms with E-state index in [2.05, 4.69) is 67.8 Å². The molecular weight excluding hydrogens is 738 g/mol. The first kappa shape index (κ1) is 17.0. The molecule has 2 aliphatic rings. The van der Waals surface area contributed by atoms with E-state index in [9.17, 15) is 9.90 Å². The Labute approximate surface area is 179 Å². The fourth-order valence-corrected chi connectivity index (χ4v) is 4.98. The van der Waals surface area contributed by atoms with Crippen LogP contribution in [0.1, 0.15) is 5.56 Å². The molecule has 0 spiro atoms. The molecule has 1 N–H and O–H groups in total. The van der Waals surface area contributed by atoms with Crippen LogP contribution in [0, 0.1) is 25.6 Å². The molecule has 1 heterocycles. The van der Waals surface area contributed by atoms with Crippen LogP contribution in [0.3, 0.4) is 0 Å². The predicted octanol–water partition coefficient (Wildman–Crippen LogP) is 4.89. The number of rotatable bonds is 0. The minimum Gasteiger partial charge on any atom is -0.505 e. The van der Waals surface area contributed by atoms with Crippen molar-refractivity contribution in [2.24, 2.45) is 0 Å². The molecule has 1 aliphatic heterocycles. The number of phenolic OH excluding ortho intramolecular Hbond substituents is 1. The zero-order chi connectivity index (χ0) is 16.2. The van der Waals surface area contributed by atoms with E-state index >= 15 is 0 Å². The molecule has 1 aromatic carbocycles. The third kappa shape index (κ3) is 2.51. The van der Waals surface area contributed by atoms with E-state index in [0.717, 1.165) is 16.1 Å². The van der Waals surface area contributed by atoms with Crippen molar-refractivity contribution >= 4 is 101 Å². The fraction of sp³-hybridized carbons (Fsp3) is 0. The summed E-state index contributed by atoms with van der Waals surface area (Å²) in [5.41, 5.74) is 0.212. The molecule has 0 atom stereocenters. The number of phenols is 1. The molecule has 0 amide bonds. The van der Waals surface area contributed by atoms with E-state index in [1.807, 2.05) is 28.7 Å². The lowest BCUT2D eigenvalue weighted by molar-refractivity contribution is 0.465. The average Bonchev–Trinajstić information content (AvgIpc) is 2.50. The first-order valence-corrected chi connectivity index (χ1v) is 10.0. The van der Waals surface area contributed by atoms with Gasteiger partial charge >= 0.3 is 0 Å². The van der Waals surface area contributed by atoms with Gasteiger partial charge in [0.05, 0.1) is 12.7 Å². The SMILES string of the molecule is N#Cc1c(O)c(I)c2oc3c(I)c(I)c(I)cc3cc-2c1=O. The molecule has 110 valence electrons. The Hall–Kier alpha value is 0.120. The van der Waals surface area contributed by atoms with E-state index in [0.29, 0.717) is 20.5 Å². The minimum atomic E-state index is -0.510. The molecule has 4 nitrogen and oxygen atoms in total. The van der Waals surface area contributed by atoms with Crippen molar-refractivity contribution in [3.63, 3.8) is 0 Å². The maximum absolute atomic E-state index is 12.4. The molecule has 22 heavy (non-hydrogen) atoms. The van der Waals surface area contributed by atoms with Crippen LogP contribution in [0.5, 0.6) is 5.75 Å². The van der Waals surface area contributed by atoms with Crippen LogP contribution in [-0.4, -0.2) is 5.11 Å². The highest BCUT2D eigenvalue weighted by molar-refractivity contribution is 14.1. The molecule has 0 saturated heterocycles. The standard InChI is InChI=1S/C14H3I4NO3/c15-7-2-4-1-5-11(20)6(3-19)12(21)10(18)14(5)22-13(4)9(17)8(7)16/h1-2,21H. The lowest BCUT2D eigenvalue weighted by atomic mass is 10.0. The normalized spacial score (nSPS) is 11.0.